The molecular formula is C17H14O5S. The van der Waals surface area contributed by atoms with Gasteiger partial charge >= 0.3 is 16.1 Å². The molecule has 23 heavy (non-hydrogen) atoms. The maximum Gasteiger partial charge on any atom is 0.375 e. The van der Waals surface area contributed by atoms with Crippen LogP contribution in [0.3, 0.4) is 0 Å². The molecular weight excluding hydrogens is 316 g/mol. The Morgan fingerprint density at radius 2 is 1.30 bits per heavy atom. The van der Waals surface area contributed by atoms with Crippen LogP contribution >= 0.6 is 0 Å². The van der Waals surface area contributed by atoms with E-state index in [4.69, 9.17) is 8.92 Å². The number of hydrogen-bond acceptors (Lipinski definition) is 5. The van der Waals surface area contributed by atoms with Gasteiger partial charge in [-0.15, -0.1) is 0 Å². The third kappa shape index (κ3) is 2.73. The maximum atomic E-state index is 12.1. The van der Waals surface area contributed by atoms with Gasteiger partial charge in [0.05, 0.1) is 13.4 Å². The predicted molar refractivity (Wildman–Crippen MR) is 85.8 cm³/mol. The van der Waals surface area contributed by atoms with Crippen molar-refractivity contribution in [3.05, 3.63) is 65.4 Å². The van der Waals surface area contributed by atoms with Crippen LogP contribution in [-0.4, -0.2) is 27.8 Å². The molecule has 2 aromatic rings. The molecule has 0 N–H and O–H groups in total. The first-order valence-electron chi connectivity index (χ1n) is 6.83. The van der Waals surface area contributed by atoms with E-state index < -0.39 is 16.1 Å². The maximum absolute atomic E-state index is 12.1. The highest BCUT2D eigenvalue weighted by atomic mass is 32.2. The highest BCUT2D eigenvalue weighted by molar-refractivity contribution is 7.86. The zero-order valence-corrected chi connectivity index (χ0v) is 13.4. The molecule has 0 unspecified atom stereocenters. The first kappa shape index (κ1) is 15.3. The van der Waals surface area contributed by atoms with Crippen LogP contribution in [0, 0.1) is 0 Å². The zero-order valence-electron chi connectivity index (χ0n) is 12.6. The molecule has 0 fully saturated rings. The van der Waals surface area contributed by atoms with E-state index in [2.05, 4.69) is 0 Å². The molecule has 0 saturated carbocycles. The van der Waals surface area contributed by atoms with Crippen LogP contribution in [-0.2, 0) is 23.8 Å². The zero-order chi connectivity index (χ0) is 16.6. The van der Waals surface area contributed by atoms with E-state index in [0.29, 0.717) is 5.57 Å². The van der Waals surface area contributed by atoms with Crippen LogP contribution in [0.2, 0.25) is 0 Å². The third-order valence-electron chi connectivity index (χ3n) is 3.52. The third-order valence-corrected chi connectivity index (χ3v) is 3.98. The summed E-state index contributed by atoms with van der Waals surface area (Å²) in [7, 11) is -2.70. The van der Waals surface area contributed by atoms with E-state index in [1.165, 1.54) is 7.11 Å². The Hall–Kier alpha value is -2.60. The van der Waals surface area contributed by atoms with E-state index in [9.17, 15) is 13.2 Å². The Balaban J connectivity index is 2.37. The molecule has 1 aliphatic carbocycles. The molecule has 0 bridgehead atoms. The van der Waals surface area contributed by atoms with Crippen LogP contribution < -0.4 is 0 Å². The van der Waals surface area contributed by atoms with Gasteiger partial charge in [0.1, 0.15) is 0 Å². The molecule has 0 radical (unpaired) electrons. The molecule has 118 valence electrons. The molecule has 0 saturated heterocycles. The smallest absolute Gasteiger partial charge is 0.375 e. The molecule has 6 heteroatoms. The fourth-order valence-corrected chi connectivity index (χ4v) is 3.14. The van der Waals surface area contributed by atoms with Crippen molar-refractivity contribution in [1.82, 2.24) is 0 Å². The average molecular weight is 330 g/mol. The number of hydrogen-bond donors (Lipinski definition) is 0. The lowest BCUT2D eigenvalue weighted by Crippen LogP contribution is -2.14. The van der Waals surface area contributed by atoms with Gasteiger partial charge in [0.25, 0.3) is 0 Å². The van der Waals surface area contributed by atoms with Crippen LogP contribution in [0.15, 0.2) is 54.3 Å². The molecule has 0 heterocycles. The van der Waals surface area contributed by atoms with Gasteiger partial charge in [-0.3, -0.25) is 0 Å². The van der Waals surface area contributed by atoms with Gasteiger partial charge in [0.2, 0.25) is 5.76 Å². The van der Waals surface area contributed by atoms with E-state index >= 15 is 0 Å². The van der Waals surface area contributed by atoms with Gasteiger partial charge in [-0.2, -0.15) is 8.42 Å². The first-order chi connectivity index (χ1) is 10.9. The van der Waals surface area contributed by atoms with Gasteiger partial charge in [-0.1, -0.05) is 48.5 Å². The lowest BCUT2D eigenvalue weighted by Gasteiger charge is -2.11. The monoisotopic (exact) mass is 330 g/mol. The molecule has 1 aliphatic rings. The van der Waals surface area contributed by atoms with Crippen LogP contribution in [0.5, 0.6) is 0 Å². The summed E-state index contributed by atoms with van der Waals surface area (Å²) >= 11 is 0. The lowest BCUT2D eigenvalue weighted by molar-refractivity contribution is -0.138. The van der Waals surface area contributed by atoms with Crippen molar-refractivity contribution in [3.63, 3.8) is 0 Å². The fraction of sp³-hybridized carbons (Fsp3) is 0.118. The Bertz CT molecular complexity index is 878. The van der Waals surface area contributed by atoms with Crippen molar-refractivity contribution in [1.29, 1.82) is 0 Å². The average Bonchev–Trinajstić information content (AvgIpc) is 2.86. The summed E-state index contributed by atoms with van der Waals surface area (Å²) in [6.45, 7) is 0. The highest BCUT2D eigenvalue weighted by Crippen LogP contribution is 2.45. The van der Waals surface area contributed by atoms with E-state index in [-0.39, 0.29) is 5.76 Å². The van der Waals surface area contributed by atoms with Gasteiger partial charge in [-0.25, -0.2) is 4.79 Å². The molecule has 0 spiro atoms. The topological polar surface area (TPSA) is 69.7 Å². The minimum Gasteiger partial charge on any atom is -0.463 e. The van der Waals surface area contributed by atoms with E-state index in [0.717, 1.165) is 28.5 Å². The number of fused-ring (bicyclic) bond motifs is 3. The lowest BCUT2D eigenvalue weighted by atomic mass is 10.0. The minimum absolute atomic E-state index is 0.326. The summed E-state index contributed by atoms with van der Waals surface area (Å²) in [6, 6.07) is 14.9. The van der Waals surface area contributed by atoms with Crippen LogP contribution in [0.1, 0.15) is 11.1 Å². The van der Waals surface area contributed by atoms with Crippen LogP contribution in [0.4, 0.5) is 0 Å². The second-order valence-electron chi connectivity index (χ2n) is 5.07. The number of carbonyl (C=O) groups excluding carboxylic acids is 1. The van der Waals surface area contributed by atoms with Crippen molar-refractivity contribution in [2.75, 3.05) is 13.4 Å². The Labute approximate surface area is 134 Å². The fourth-order valence-electron chi connectivity index (χ4n) is 2.68. The summed E-state index contributed by atoms with van der Waals surface area (Å²) in [4.78, 5) is 12.1. The van der Waals surface area contributed by atoms with Crippen molar-refractivity contribution < 1.29 is 22.1 Å². The molecule has 2 aromatic carbocycles. The number of carbonyl (C=O) groups is 1. The minimum atomic E-state index is -3.88. The number of rotatable bonds is 3. The molecule has 0 atom stereocenters. The van der Waals surface area contributed by atoms with Gasteiger partial charge in [-0.05, 0) is 22.3 Å². The van der Waals surface area contributed by atoms with E-state index in [1.807, 2.05) is 48.5 Å². The molecule has 0 aliphatic heterocycles. The molecule has 0 aromatic heterocycles. The molecule has 3 rings (SSSR count). The first-order valence-corrected chi connectivity index (χ1v) is 8.65. The summed E-state index contributed by atoms with van der Waals surface area (Å²) in [5.41, 5.74) is 3.72. The van der Waals surface area contributed by atoms with Crippen molar-refractivity contribution in [3.8, 4) is 11.1 Å². The van der Waals surface area contributed by atoms with Gasteiger partial charge in [0.15, 0.2) is 0 Å². The normalized spacial score (nSPS) is 12.3. The second-order valence-corrected chi connectivity index (χ2v) is 6.65. The SMILES string of the molecule is COC(=O)C(OS(C)(=O)=O)=C1c2ccccc2-c2ccccc21. The second kappa shape index (κ2) is 5.55. The number of benzene rings is 2. The summed E-state index contributed by atoms with van der Waals surface area (Å²) < 4.78 is 32.8. The number of ether oxygens (including phenoxy) is 1. The molecule has 5 nitrogen and oxygen atoms in total. The highest BCUT2D eigenvalue weighted by Gasteiger charge is 2.31. The quantitative estimate of drug-likeness (QED) is 0.319. The van der Waals surface area contributed by atoms with Gasteiger partial charge in [0, 0.05) is 5.57 Å². The van der Waals surface area contributed by atoms with Crippen LogP contribution in [0.25, 0.3) is 16.7 Å². The Morgan fingerprint density at radius 1 is 0.870 bits per heavy atom. The Morgan fingerprint density at radius 3 is 1.70 bits per heavy atom. The predicted octanol–water partition coefficient (Wildman–Crippen LogP) is 2.58. The van der Waals surface area contributed by atoms with Gasteiger partial charge < -0.3 is 8.92 Å². The summed E-state index contributed by atoms with van der Waals surface area (Å²) in [5.74, 6) is -1.16. The molecule has 0 amide bonds. The standard InChI is InChI=1S/C17H14O5S/c1-21-17(18)16(22-23(2,19)20)15-13-9-5-3-7-11(13)12-8-4-6-10-14(12)15/h3-10H,1-2H3. The summed E-state index contributed by atoms with van der Waals surface area (Å²) in [6.07, 6.45) is 0.892. The summed E-state index contributed by atoms with van der Waals surface area (Å²) in [5, 5.41) is 0. The van der Waals surface area contributed by atoms with E-state index in [1.54, 1.807) is 0 Å². The Kier molecular flexibility index (Phi) is 3.69. The number of esters is 1. The van der Waals surface area contributed by atoms with Crippen molar-refractivity contribution in [2.24, 2.45) is 0 Å². The largest absolute Gasteiger partial charge is 0.463 e. The van der Waals surface area contributed by atoms with Crippen molar-refractivity contribution in [2.45, 2.75) is 0 Å². The van der Waals surface area contributed by atoms with Crippen molar-refractivity contribution >= 4 is 21.7 Å². The number of methoxy groups -OCH3 is 1.